The van der Waals surface area contributed by atoms with Gasteiger partial charge in [-0.25, -0.2) is 12.7 Å². The summed E-state index contributed by atoms with van der Waals surface area (Å²) in [5.74, 6) is 0. The summed E-state index contributed by atoms with van der Waals surface area (Å²) in [6.07, 6.45) is 4.98. The molecule has 0 aromatic rings. The molecule has 0 saturated heterocycles. The van der Waals surface area contributed by atoms with Crippen molar-refractivity contribution >= 4 is 10.0 Å². The van der Waals surface area contributed by atoms with Crippen LogP contribution in [0.1, 0.15) is 32.1 Å². The number of rotatable bonds is 5. The molecule has 0 heterocycles. The molecule has 0 aromatic carbocycles. The maximum Gasteiger partial charge on any atom is 0.216 e. The monoisotopic (exact) mass is 234 g/mol. The van der Waals surface area contributed by atoms with Crippen LogP contribution in [0, 0.1) is 0 Å². The molecular weight excluding hydrogens is 212 g/mol. The molecule has 4 nitrogen and oxygen atoms in total. The van der Waals surface area contributed by atoms with E-state index in [1.807, 2.05) is 7.05 Å². The van der Waals surface area contributed by atoms with Crippen molar-refractivity contribution in [3.05, 3.63) is 0 Å². The number of hydrogen-bond donors (Lipinski definition) is 1. The van der Waals surface area contributed by atoms with Gasteiger partial charge < -0.3 is 5.32 Å². The third-order valence-electron chi connectivity index (χ3n) is 3.08. The van der Waals surface area contributed by atoms with Crippen molar-refractivity contribution in [3.8, 4) is 0 Å². The number of sulfonamides is 1. The van der Waals surface area contributed by atoms with Crippen LogP contribution in [0.25, 0.3) is 0 Å². The lowest BCUT2D eigenvalue weighted by atomic mass is 10.0. The first-order valence-corrected chi connectivity index (χ1v) is 7.19. The van der Waals surface area contributed by atoms with E-state index in [9.17, 15) is 8.42 Å². The quantitative estimate of drug-likeness (QED) is 0.765. The van der Waals surface area contributed by atoms with Crippen LogP contribution in [-0.2, 0) is 10.0 Å². The van der Waals surface area contributed by atoms with E-state index in [2.05, 4.69) is 5.32 Å². The van der Waals surface area contributed by atoms with Crippen molar-refractivity contribution in [2.75, 3.05) is 27.2 Å². The summed E-state index contributed by atoms with van der Waals surface area (Å²) in [7, 11) is 0.475. The summed E-state index contributed by atoms with van der Waals surface area (Å²) in [5.41, 5.74) is 0. The minimum Gasteiger partial charge on any atom is -0.318 e. The number of hydrogen-bond acceptors (Lipinski definition) is 3. The summed E-state index contributed by atoms with van der Waals surface area (Å²) in [4.78, 5) is 0. The minimum atomic E-state index is -3.04. The van der Waals surface area contributed by atoms with Crippen molar-refractivity contribution < 1.29 is 8.42 Å². The Morgan fingerprint density at radius 1 is 1.27 bits per heavy atom. The molecule has 1 N–H and O–H groups in total. The van der Waals surface area contributed by atoms with Crippen molar-refractivity contribution in [1.29, 1.82) is 0 Å². The van der Waals surface area contributed by atoms with Crippen LogP contribution in [0.2, 0.25) is 0 Å². The topological polar surface area (TPSA) is 49.4 Å². The average Bonchev–Trinajstić information content (AvgIpc) is 2.27. The molecule has 0 spiro atoms. The Labute approximate surface area is 93.1 Å². The lowest BCUT2D eigenvalue weighted by molar-refractivity contribution is 0.424. The number of nitrogens with zero attached hydrogens (tertiary/aromatic N) is 1. The molecule has 0 unspecified atom stereocenters. The zero-order chi connectivity index (χ0) is 11.3. The second-order valence-corrected chi connectivity index (χ2v) is 6.55. The first-order chi connectivity index (χ1) is 7.09. The second kappa shape index (κ2) is 5.82. The van der Waals surface area contributed by atoms with Crippen molar-refractivity contribution in [1.82, 2.24) is 9.62 Å². The molecule has 0 amide bonds. The van der Waals surface area contributed by atoms with Gasteiger partial charge in [-0.1, -0.05) is 19.3 Å². The Bertz CT molecular complexity index is 271. The van der Waals surface area contributed by atoms with Gasteiger partial charge in [0.05, 0.1) is 5.25 Å². The summed E-state index contributed by atoms with van der Waals surface area (Å²) in [6.45, 7) is 1.28. The first-order valence-electron chi connectivity index (χ1n) is 5.69. The molecule has 1 aliphatic carbocycles. The van der Waals surface area contributed by atoms with Crippen LogP contribution >= 0.6 is 0 Å². The van der Waals surface area contributed by atoms with E-state index in [-0.39, 0.29) is 5.25 Å². The highest BCUT2D eigenvalue weighted by atomic mass is 32.2. The second-order valence-electron chi connectivity index (χ2n) is 4.23. The zero-order valence-corrected chi connectivity index (χ0v) is 10.5. The van der Waals surface area contributed by atoms with Gasteiger partial charge in [0, 0.05) is 20.1 Å². The lowest BCUT2D eigenvalue weighted by Gasteiger charge is -2.27. The van der Waals surface area contributed by atoms with E-state index < -0.39 is 10.0 Å². The van der Waals surface area contributed by atoms with Gasteiger partial charge in [0.2, 0.25) is 10.0 Å². The maximum absolute atomic E-state index is 12.1. The van der Waals surface area contributed by atoms with E-state index in [0.717, 1.165) is 25.7 Å². The summed E-state index contributed by atoms with van der Waals surface area (Å²) < 4.78 is 25.7. The first kappa shape index (κ1) is 12.9. The zero-order valence-electron chi connectivity index (χ0n) is 9.70. The fraction of sp³-hybridized carbons (Fsp3) is 1.00. The Kier molecular flexibility index (Phi) is 5.02. The minimum absolute atomic E-state index is 0.131. The third kappa shape index (κ3) is 3.43. The van der Waals surface area contributed by atoms with Gasteiger partial charge in [-0.3, -0.25) is 0 Å². The van der Waals surface area contributed by atoms with E-state index in [1.165, 1.54) is 10.7 Å². The van der Waals surface area contributed by atoms with Gasteiger partial charge in [0.15, 0.2) is 0 Å². The Morgan fingerprint density at radius 3 is 2.40 bits per heavy atom. The molecular formula is C10H22N2O2S. The van der Waals surface area contributed by atoms with Gasteiger partial charge in [-0.05, 0) is 19.9 Å². The average molecular weight is 234 g/mol. The van der Waals surface area contributed by atoms with Gasteiger partial charge in [0.1, 0.15) is 0 Å². The molecule has 0 bridgehead atoms. The van der Waals surface area contributed by atoms with Crippen LogP contribution in [0.4, 0.5) is 0 Å². The Hall–Kier alpha value is -0.130. The molecule has 1 fully saturated rings. The van der Waals surface area contributed by atoms with E-state index in [1.54, 1.807) is 7.05 Å². The maximum atomic E-state index is 12.1. The smallest absolute Gasteiger partial charge is 0.216 e. The molecule has 15 heavy (non-hydrogen) atoms. The SMILES string of the molecule is CNCCN(C)S(=O)(=O)C1CCCCC1. The molecule has 1 rings (SSSR count). The predicted molar refractivity (Wildman–Crippen MR) is 62.3 cm³/mol. The Balaban J connectivity index is 2.55. The van der Waals surface area contributed by atoms with Gasteiger partial charge in [-0.2, -0.15) is 0 Å². The van der Waals surface area contributed by atoms with Crippen LogP contribution in [0.5, 0.6) is 0 Å². The normalized spacial score (nSPS) is 19.7. The largest absolute Gasteiger partial charge is 0.318 e. The van der Waals surface area contributed by atoms with E-state index >= 15 is 0 Å². The Morgan fingerprint density at radius 2 is 1.87 bits per heavy atom. The molecule has 0 radical (unpaired) electrons. The molecule has 90 valence electrons. The van der Waals surface area contributed by atoms with Gasteiger partial charge >= 0.3 is 0 Å². The summed E-state index contributed by atoms with van der Waals surface area (Å²) >= 11 is 0. The van der Waals surface area contributed by atoms with E-state index in [0.29, 0.717) is 13.1 Å². The fourth-order valence-corrected chi connectivity index (χ4v) is 3.80. The standard InChI is InChI=1S/C10H22N2O2S/c1-11-8-9-12(2)15(13,14)10-6-4-3-5-7-10/h10-11H,3-9H2,1-2H3. The molecule has 0 aromatic heterocycles. The lowest BCUT2D eigenvalue weighted by Crippen LogP contribution is -2.40. The third-order valence-corrected chi connectivity index (χ3v) is 5.45. The van der Waals surface area contributed by atoms with Crippen molar-refractivity contribution in [3.63, 3.8) is 0 Å². The summed E-state index contributed by atoms with van der Waals surface area (Å²) in [5, 5.41) is 2.84. The molecule has 0 aliphatic heterocycles. The van der Waals surface area contributed by atoms with Crippen LogP contribution in [0.3, 0.4) is 0 Å². The highest BCUT2D eigenvalue weighted by Crippen LogP contribution is 2.25. The molecule has 0 atom stereocenters. The highest BCUT2D eigenvalue weighted by Gasteiger charge is 2.30. The molecule has 5 heteroatoms. The fourth-order valence-electron chi connectivity index (χ4n) is 2.01. The number of likely N-dealkylation sites (N-methyl/N-ethyl adjacent to an activating group) is 2. The molecule has 1 saturated carbocycles. The predicted octanol–water partition coefficient (Wildman–Crippen LogP) is 0.800. The van der Waals surface area contributed by atoms with E-state index in [4.69, 9.17) is 0 Å². The number of nitrogens with one attached hydrogen (secondary N) is 1. The molecule has 1 aliphatic rings. The van der Waals surface area contributed by atoms with Crippen LogP contribution < -0.4 is 5.32 Å². The van der Waals surface area contributed by atoms with Gasteiger partial charge in [-0.15, -0.1) is 0 Å². The highest BCUT2D eigenvalue weighted by molar-refractivity contribution is 7.89. The van der Waals surface area contributed by atoms with Gasteiger partial charge in [0.25, 0.3) is 0 Å². The van der Waals surface area contributed by atoms with Crippen molar-refractivity contribution in [2.24, 2.45) is 0 Å². The summed E-state index contributed by atoms with van der Waals surface area (Å²) in [6, 6.07) is 0. The van der Waals surface area contributed by atoms with Crippen LogP contribution in [0.15, 0.2) is 0 Å². The van der Waals surface area contributed by atoms with Crippen LogP contribution in [-0.4, -0.2) is 45.2 Å². The van der Waals surface area contributed by atoms with Crippen molar-refractivity contribution in [2.45, 2.75) is 37.4 Å².